The number of nitrogens with zero attached hydrogens (tertiary/aromatic N) is 3. The van der Waals surface area contributed by atoms with Crippen molar-refractivity contribution in [2.24, 2.45) is 5.92 Å². The Morgan fingerprint density at radius 2 is 2.12 bits per heavy atom. The predicted molar refractivity (Wildman–Crippen MR) is 131 cm³/mol. The molecule has 0 unspecified atom stereocenters. The Morgan fingerprint density at radius 1 is 1.27 bits per heavy atom. The minimum absolute atomic E-state index is 0.0129. The third kappa shape index (κ3) is 6.88. The molecule has 1 fully saturated rings. The zero-order chi connectivity index (χ0) is 23.0. The molecule has 0 atom stereocenters. The molecule has 33 heavy (non-hydrogen) atoms. The third-order valence-corrected chi connectivity index (χ3v) is 7.11. The maximum absolute atomic E-state index is 13.4. The van der Waals surface area contributed by atoms with Crippen LogP contribution in [0.4, 0.5) is 9.18 Å². The van der Waals surface area contributed by atoms with Crippen molar-refractivity contribution in [3.63, 3.8) is 0 Å². The van der Waals surface area contributed by atoms with Gasteiger partial charge in [-0.3, -0.25) is 10.00 Å². The second-order valence-corrected chi connectivity index (χ2v) is 9.83. The highest BCUT2D eigenvalue weighted by molar-refractivity contribution is 7.09. The summed E-state index contributed by atoms with van der Waals surface area (Å²) in [5, 5.41) is 12.5. The number of likely N-dealkylation sites (tertiary alicyclic amines) is 1. The number of urea groups is 1. The number of thiophene rings is 1. The van der Waals surface area contributed by atoms with Crippen LogP contribution in [0, 0.1) is 11.7 Å². The Bertz CT molecular complexity index is 1010. The first-order chi connectivity index (χ1) is 16.1. The molecule has 1 aliphatic rings. The Hall–Kier alpha value is -2.71. The highest BCUT2D eigenvalue weighted by Gasteiger charge is 2.20. The molecule has 2 amide bonds. The SMILES string of the molecule is CN(CCCc1cc(-c2cccc(F)c2)n[nH]1)C(=O)NCC1CCN(Cc2cccs2)CC1. The van der Waals surface area contributed by atoms with Crippen LogP contribution in [-0.4, -0.2) is 59.3 Å². The number of rotatable bonds is 9. The quantitative estimate of drug-likeness (QED) is 0.475. The van der Waals surface area contributed by atoms with E-state index in [1.54, 1.807) is 11.0 Å². The average Bonchev–Trinajstić information content (AvgIpc) is 3.51. The van der Waals surface area contributed by atoms with E-state index >= 15 is 0 Å². The lowest BCUT2D eigenvalue weighted by Gasteiger charge is -2.32. The van der Waals surface area contributed by atoms with E-state index < -0.39 is 0 Å². The molecule has 176 valence electrons. The molecule has 8 heteroatoms. The number of carbonyl (C=O) groups excluding carboxylic acids is 1. The normalized spacial score (nSPS) is 15.0. The lowest BCUT2D eigenvalue weighted by molar-refractivity contribution is 0.171. The van der Waals surface area contributed by atoms with Gasteiger partial charge in [-0.15, -0.1) is 11.3 Å². The highest BCUT2D eigenvalue weighted by Crippen LogP contribution is 2.21. The predicted octanol–water partition coefficient (Wildman–Crippen LogP) is 4.76. The molecular weight excluding hydrogens is 437 g/mol. The summed E-state index contributed by atoms with van der Waals surface area (Å²) in [6.07, 6.45) is 3.87. The molecule has 1 saturated heterocycles. The fraction of sp³-hybridized carbons (Fsp3) is 0.440. The summed E-state index contributed by atoms with van der Waals surface area (Å²) in [6.45, 7) is 4.64. The van der Waals surface area contributed by atoms with Gasteiger partial charge in [0.25, 0.3) is 0 Å². The van der Waals surface area contributed by atoms with Crippen molar-refractivity contribution in [2.45, 2.75) is 32.2 Å². The minimum atomic E-state index is -0.270. The van der Waals surface area contributed by atoms with Gasteiger partial charge in [-0.05, 0) is 74.3 Å². The number of hydrogen-bond donors (Lipinski definition) is 2. The van der Waals surface area contributed by atoms with Gasteiger partial charge in [-0.2, -0.15) is 5.10 Å². The molecule has 4 rings (SSSR count). The fourth-order valence-electron chi connectivity index (χ4n) is 4.23. The van der Waals surface area contributed by atoms with E-state index in [4.69, 9.17) is 0 Å². The maximum Gasteiger partial charge on any atom is 0.317 e. The van der Waals surface area contributed by atoms with E-state index in [2.05, 4.69) is 37.9 Å². The minimum Gasteiger partial charge on any atom is -0.338 e. The number of aromatic nitrogens is 2. The van der Waals surface area contributed by atoms with Crippen LogP contribution in [0.3, 0.4) is 0 Å². The smallest absolute Gasteiger partial charge is 0.317 e. The van der Waals surface area contributed by atoms with E-state index in [1.807, 2.05) is 30.5 Å². The molecule has 3 aromatic rings. The van der Waals surface area contributed by atoms with Gasteiger partial charge in [0.05, 0.1) is 5.69 Å². The molecular formula is C25H32FN5OS. The zero-order valence-electron chi connectivity index (χ0n) is 19.1. The first-order valence-corrected chi connectivity index (χ1v) is 12.5. The van der Waals surface area contributed by atoms with Crippen LogP contribution >= 0.6 is 11.3 Å². The molecule has 6 nitrogen and oxygen atoms in total. The van der Waals surface area contributed by atoms with Crippen molar-refractivity contribution in [3.8, 4) is 11.3 Å². The van der Waals surface area contributed by atoms with E-state index in [0.29, 0.717) is 12.5 Å². The van der Waals surface area contributed by atoms with Gasteiger partial charge in [-0.25, -0.2) is 9.18 Å². The van der Waals surface area contributed by atoms with Crippen LogP contribution in [-0.2, 0) is 13.0 Å². The fourth-order valence-corrected chi connectivity index (χ4v) is 4.98. The first-order valence-electron chi connectivity index (χ1n) is 11.6. The van der Waals surface area contributed by atoms with Gasteiger partial charge in [-0.1, -0.05) is 18.2 Å². The summed E-state index contributed by atoms with van der Waals surface area (Å²) >= 11 is 1.82. The second-order valence-electron chi connectivity index (χ2n) is 8.80. The molecule has 2 N–H and O–H groups in total. The van der Waals surface area contributed by atoms with Crippen molar-refractivity contribution in [1.82, 2.24) is 25.3 Å². The summed E-state index contributed by atoms with van der Waals surface area (Å²) in [5.74, 6) is 0.279. The van der Waals surface area contributed by atoms with Crippen molar-refractivity contribution in [2.75, 3.05) is 33.2 Å². The number of halogens is 1. The number of piperidine rings is 1. The average molecular weight is 470 g/mol. The van der Waals surface area contributed by atoms with E-state index in [9.17, 15) is 9.18 Å². The van der Waals surface area contributed by atoms with Gasteiger partial charge in [0, 0.05) is 42.8 Å². The Kier molecular flexibility index (Phi) is 8.12. The molecule has 0 bridgehead atoms. The summed E-state index contributed by atoms with van der Waals surface area (Å²) in [6, 6.07) is 12.7. The molecule has 1 aromatic carbocycles. The Balaban J connectivity index is 1.12. The van der Waals surface area contributed by atoms with Crippen molar-refractivity contribution in [3.05, 3.63) is 64.2 Å². The van der Waals surface area contributed by atoms with Crippen LogP contribution in [0.5, 0.6) is 0 Å². The first kappa shape index (κ1) is 23.4. The molecule has 0 radical (unpaired) electrons. The van der Waals surface area contributed by atoms with Crippen molar-refractivity contribution < 1.29 is 9.18 Å². The number of benzene rings is 1. The standard InChI is InChI=1S/C25H32FN5OS/c1-30(11-3-7-22-16-24(29-28-22)20-5-2-6-21(26)15-20)25(32)27-17-19-9-12-31(13-10-19)18-23-8-4-14-33-23/h2,4-6,8,14-16,19H,3,7,9-13,17-18H2,1H3,(H,27,32)(H,28,29). The lowest BCUT2D eigenvalue weighted by atomic mass is 9.97. The van der Waals surface area contributed by atoms with Gasteiger partial charge in [0.2, 0.25) is 0 Å². The molecule has 0 aliphatic carbocycles. The maximum atomic E-state index is 13.4. The summed E-state index contributed by atoms with van der Waals surface area (Å²) in [4.78, 5) is 18.1. The monoisotopic (exact) mass is 469 g/mol. The molecule has 0 saturated carbocycles. The number of hydrogen-bond acceptors (Lipinski definition) is 4. The topological polar surface area (TPSA) is 64.3 Å². The van der Waals surface area contributed by atoms with Crippen molar-refractivity contribution >= 4 is 17.4 Å². The summed E-state index contributed by atoms with van der Waals surface area (Å²) in [7, 11) is 1.84. The van der Waals surface area contributed by atoms with Gasteiger partial charge in [0.15, 0.2) is 0 Å². The van der Waals surface area contributed by atoms with Crippen LogP contribution in [0.15, 0.2) is 47.8 Å². The van der Waals surface area contributed by atoms with Gasteiger partial charge < -0.3 is 10.2 Å². The molecule has 1 aliphatic heterocycles. The van der Waals surface area contributed by atoms with Crippen LogP contribution in [0.25, 0.3) is 11.3 Å². The van der Waals surface area contributed by atoms with Crippen LogP contribution < -0.4 is 5.32 Å². The number of carbonyl (C=O) groups is 1. The van der Waals surface area contributed by atoms with E-state index in [1.165, 1.54) is 17.0 Å². The lowest BCUT2D eigenvalue weighted by Crippen LogP contribution is -2.42. The number of nitrogens with one attached hydrogen (secondary N) is 2. The van der Waals surface area contributed by atoms with Crippen LogP contribution in [0.2, 0.25) is 0 Å². The number of aryl methyl sites for hydroxylation is 1. The Morgan fingerprint density at radius 3 is 2.88 bits per heavy atom. The summed E-state index contributed by atoms with van der Waals surface area (Å²) < 4.78 is 13.4. The van der Waals surface area contributed by atoms with E-state index in [0.717, 1.165) is 68.8 Å². The van der Waals surface area contributed by atoms with Gasteiger partial charge in [0.1, 0.15) is 5.82 Å². The number of H-pyrrole nitrogens is 1. The van der Waals surface area contributed by atoms with Crippen LogP contribution in [0.1, 0.15) is 29.8 Å². The zero-order valence-corrected chi connectivity index (χ0v) is 19.9. The molecule has 2 aromatic heterocycles. The van der Waals surface area contributed by atoms with Crippen molar-refractivity contribution in [1.29, 1.82) is 0 Å². The Labute approximate surface area is 198 Å². The van der Waals surface area contributed by atoms with Gasteiger partial charge >= 0.3 is 6.03 Å². The third-order valence-electron chi connectivity index (χ3n) is 6.25. The molecule has 3 heterocycles. The summed E-state index contributed by atoms with van der Waals surface area (Å²) in [5.41, 5.74) is 2.47. The molecule has 0 spiro atoms. The largest absolute Gasteiger partial charge is 0.338 e. The number of amides is 2. The second kappa shape index (κ2) is 11.4. The van der Waals surface area contributed by atoms with E-state index in [-0.39, 0.29) is 11.8 Å². The number of aromatic amines is 1. The highest BCUT2D eigenvalue weighted by atomic mass is 32.1.